The number of nitrogens with zero attached hydrogens (tertiary/aromatic N) is 1. The number of hydrogen-bond acceptors (Lipinski definition) is 3. The zero-order valence-corrected chi connectivity index (χ0v) is 9.66. The van der Waals surface area contributed by atoms with Crippen LogP contribution in [0.4, 0.5) is 5.69 Å². The van der Waals surface area contributed by atoms with Crippen LogP contribution in [0.5, 0.6) is 0 Å². The van der Waals surface area contributed by atoms with Crippen LogP contribution in [0, 0.1) is 12.8 Å². The van der Waals surface area contributed by atoms with Crippen molar-refractivity contribution in [1.29, 1.82) is 0 Å². The van der Waals surface area contributed by atoms with E-state index >= 15 is 0 Å². The molecule has 1 unspecified atom stereocenters. The molecular weight excluding hydrogens is 202 g/mol. The Labute approximate surface area is 95.3 Å². The molecular formula is C12H17N3O. The van der Waals surface area contributed by atoms with Gasteiger partial charge in [0.25, 0.3) is 0 Å². The van der Waals surface area contributed by atoms with Crippen molar-refractivity contribution < 1.29 is 4.79 Å². The number of anilines is 1. The number of carbonyl (C=O) groups excluding carboxylic acids is 1. The first-order valence-corrected chi connectivity index (χ1v) is 5.54. The molecule has 3 N–H and O–H groups in total. The Hall–Kier alpha value is -1.42. The molecule has 1 aliphatic rings. The van der Waals surface area contributed by atoms with Gasteiger partial charge in [-0.05, 0) is 44.7 Å². The van der Waals surface area contributed by atoms with E-state index in [2.05, 4.69) is 10.3 Å². The smallest absolute Gasteiger partial charge is 0.244 e. The Morgan fingerprint density at radius 3 is 2.88 bits per heavy atom. The molecule has 1 amide bonds. The topological polar surface area (TPSA) is 68.0 Å². The van der Waals surface area contributed by atoms with Crippen molar-refractivity contribution >= 4 is 11.6 Å². The van der Waals surface area contributed by atoms with Gasteiger partial charge >= 0.3 is 0 Å². The highest BCUT2D eigenvalue weighted by atomic mass is 16.2. The minimum Gasteiger partial charge on any atom is -0.323 e. The number of pyridine rings is 1. The van der Waals surface area contributed by atoms with Crippen LogP contribution < -0.4 is 11.1 Å². The SMILES string of the molecule is Cc1ncccc1NC(=O)C(C)(N)C1CC1. The van der Waals surface area contributed by atoms with Crippen molar-refractivity contribution in [2.24, 2.45) is 11.7 Å². The number of aromatic nitrogens is 1. The summed E-state index contributed by atoms with van der Waals surface area (Å²) in [4.78, 5) is 16.1. The second kappa shape index (κ2) is 3.87. The summed E-state index contributed by atoms with van der Waals surface area (Å²) >= 11 is 0. The average molecular weight is 219 g/mol. The van der Waals surface area contributed by atoms with E-state index in [1.165, 1.54) is 0 Å². The minimum atomic E-state index is -0.762. The number of amides is 1. The highest BCUT2D eigenvalue weighted by Crippen LogP contribution is 2.38. The Kier molecular flexibility index (Phi) is 2.68. The number of nitrogens with two attached hydrogens (primary N) is 1. The van der Waals surface area contributed by atoms with Gasteiger partial charge in [-0.2, -0.15) is 0 Å². The van der Waals surface area contributed by atoms with E-state index in [-0.39, 0.29) is 5.91 Å². The van der Waals surface area contributed by atoms with Crippen LogP contribution in [-0.2, 0) is 4.79 Å². The predicted molar refractivity (Wildman–Crippen MR) is 62.9 cm³/mol. The highest BCUT2D eigenvalue weighted by Gasteiger charge is 2.44. The van der Waals surface area contributed by atoms with Gasteiger partial charge in [0.2, 0.25) is 5.91 Å². The minimum absolute atomic E-state index is 0.119. The first-order valence-electron chi connectivity index (χ1n) is 5.54. The summed E-state index contributed by atoms with van der Waals surface area (Å²) in [5, 5.41) is 2.85. The van der Waals surface area contributed by atoms with E-state index in [0.29, 0.717) is 5.92 Å². The number of carbonyl (C=O) groups is 1. The van der Waals surface area contributed by atoms with Crippen LogP contribution in [0.1, 0.15) is 25.5 Å². The van der Waals surface area contributed by atoms with Crippen LogP contribution >= 0.6 is 0 Å². The molecule has 1 aliphatic carbocycles. The third-order valence-corrected chi connectivity index (χ3v) is 3.17. The molecule has 0 aromatic carbocycles. The molecule has 4 nitrogen and oxygen atoms in total. The Morgan fingerprint density at radius 2 is 2.31 bits per heavy atom. The molecule has 1 atom stereocenters. The molecule has 86 valence electrons. The van der Waals surface area contributed by atoms with Crippen LogP contribution in [0.15, 0.2) is 18.3 Å². The zero-order chi connectivity index (χ0) is 11.8. The van der Waals surface area contributed by atoms with Crippen LogP contribution in [-0.4, -0.2) is 16.4 Å². The van der Waals surface area contributed by atoms with E-state index in [1.807, 2.05) is 13.0 Å². The Bertz CT molecular complexity index is 410. The quantitative estimate of drug-likeness (QED) is 0.808. The molecule has 2 rings (SSSR count). The van der Waals surface area contributed by atoms with Gasteiger partial charge in [0.05, 0.1) is 16.9 Å². The molecule has 0 bridgehead atoms. The van der Waals surface area contributed by atoms with Crippen molar-refractivity contribution in [3.63, 3.8) is 0 Å². The molecule has 1 fully saturated rings. The van der Waals surface area contributed by atoms with Gasteiger partial charge < -0.3 is 11.1 Å². The standard InChI is InChI=1S/C12H17N3O/c1-8-10(4-3-7-14-8)15-11(16)12(2,13)9-5-6-9/h3-4,7,9H,5-6,13H2,1-2H3,(H,15,16). The van der Waals surface area contributed by atoms with Crippen molar-refractivity contribution in [1.82, 2.24) is 4.98 Å². The normalized spacial score (nSPS) is 18.9. The largest absolute Gasteiger partial charge is 0.323 e. The van der Waals surface area contributed by atoms with Crippen LogP contribution in [0.3, 0.4) is 0 Å². The molecule has 0 aliphatic heterocycles. The van der Waals surface area contributed by atoms with Crippen molar-refractivity contribution in [3.05, 3.63) is 24.0 Å². The lowest BCUT2D eigenvalue weighted by Crippen LogP contribution is -2.50. The molecule has 4 heteroatoms. The van der Waals surface area contributed by atoms with Gasteiger partial charge in [-0.1, -0.05) is 0 Å². The van der Waals surface area contributed by atoms with E-state index in [0.717, 1.165) is 24.2 Å². The van der Waals surface area contributed by atoms with Crippen molar-refractivity contribution in [3.8, 4) is 0 Å². The third kappa shape index (κ3) is 2.07. The monoisotopic (exact) mass is 219 g/mol. The fraction of sp³-hybridized carbons (Fsp3) is 0.500. The summed E-state index contributed by atoms with van der Waals surface area (Å²) in [7, 11) is 0. The van der Waals surface area contributed by atoms with E-state index in [4.69, 9.17) is 5.73 Å². The van der Waals surface area contributed by atoms with Crippen molar-refractivity contribution in [2.75, 3.05) is 5.32 Å². The van der Waals surface area contributed by atoms with E-state index in [9.17, 15) is 4.79 Å². The van der Waals surface area contributed by atoms with Crippen LogP contribution in [0.2, 0.25) is 0 Å². The van der Waals surface area contributed by atoms with Gasteiger partial charge in [0, 0.05) is 6.20 Å². The van der Waals surface area contributed by atoms with Crippen LogP contribution in [0.25, 0.3) is 0 Å². The maximum Gasteiger partial charge on any atom is 0.244 e. The molecule has 1 saturated carbocycles. The summed E-state index contributed by atoms with van der Waals surface area (Å²) in [6.07, 6.45) is 3.80. The number of hydrogen-bond donors (Lipinski definition) is 2. The first-order chi connectivity index (χ1) is 7.51. The first kappa shape index (κ1) is 11.1. The highest BCUT2D eigenvalue weighted by molar-refractivity contribution is 5.98. The molecule has 16 heavy (non-hydrogen) atoms. The average Bonchev–Trinajstić information content (AvgIpc) is 3.04. The third-order valence-electron chi connectivity index (χ3n) is 3.17. The van der Waals surface area contributed by atoms with Crippen molar-refractivity contribution in [2.45, 2.75) is 32.2 Å². The number of rotatable bonds is 3. The summed E-state index contributed by atoms with van der Waals surface area (Å²) in [6, 6.07) is 3.64. The lowest BCUT2D eigenvalue weighted by atomic mass is 9.96. The lowest BCUT2D eigenvalue weighted by Gasteiger charge is -2.23. The summed E-state index contributed by atoms with van der Waals surface area (Å²) in [6.45, 7) is 3.66. The van der Waals surface area contributed by atoms with Gasteiger partial charge in [-0.3, -0.25) is 9.78 Å². The lowest BCUT2D eigenvalue weighted by molar-refractivity contribution is -0.121. The molecule has 1 aromatic rings. The Morgan fingerprint density at radius 1 is 1.62 bits per heavy atom. The molecule has 0 spiro atoms. The van der Waals surface area contributed by atoms with Gasteiger partial charge in [-0.25, -0.2) is 0 Å². The number of aryl methyl sites for hydroxylation is 1. The van der Waals surface area contributed by atoms with Gasteiger partial charge in [0.15, 0.2) is 0 Å². The summed E-state index contributed by atoms with van der Waals surface area (Å²) in [5.41, 5.74) is 6.82. The molecule has 1 aromatic heterocycles. The second-order valence-corrected chi connectivity index (χ2v) is 4.65. The summed E-state index contributed by atoms with van der Waals surface area (Å²) < 4.78 is 0. The second-order valence-electron chi connectivity index (χ2n) is 4.65. The fourth-order valence-electron chi connectivity index (χ4n) is 1.74. The predicted octanol–water partition coefficient (Wildman–Crippen LogP) is 1.46. The maximum absolute atomic E-state index is 12.0. The van der Waals surface area contributed by atoms with Gasteiger partial charge in [0.1, 0.15) is 0 Å². The maximum atomic E-state index is 12.0. The number of nitrogens with one attached hydrogen (secondary N) is 1. The van der Waals surface area contributed by atoms with Gasteiger partial charge in [-0.15, -0.1) is 0 Å². The van der Waals surface area contributed by atoms with E-state index < -0.39 is 5.54 Å². The molecule has 1 heterocycles. The molecule has 0 radical (unpaired) electrons. The zero-order valence-electron chi connectivity index (χ0n) is 9.66. The fourth-order valence-corrected chi connectivity index (χ4v) is 1.74. The molecule has 0 saturated heterocycles. The summed E-state index contributed by atoms with van der Waals surface area (Å²) in [5.74, 6) is 0.204. The van der Waals surface area contributed by atoms with E-state index in [1.54, 1.807) is 19.2 Å². The Balaban J connectivity index is 2.10.